The highest BCUT2D eigenvalue weighted by Crippen LogP contribution is 2.35. The summed E-state index contributed by atoms with van der Waals surface area (Å²) in [7, 11) is 0. The Bertz CT molecular complexity index is 1190. The zero-order chi connectivity index (χ0) is 23.5. The number of nitrogens with one attached hydrogen (secondary N) is 1. The monoisotopic (exact) mass is 468 g/mol. The van der Waals surface area contributed by atoms with Crippen LogP contribution in [0.1, 0.15) is 68.9 Å². The molecule has 2 aromatic heterocycles. The molecule has 0 saturated heterocycles. The fourth-order valence-corrected chi connectivity index (χ4v) is 5.18. The van der Waals surface area contributed by atoms with Gasteiger partial charge in [0.25, 0.3) is 5.56 Å². The number of nitrogens with zero attached hydrogens (tertiary/aromatic N) is 5. The van der Waals surface area contributed by atoms with Crippen molar-refractivity contribution in [2.45, 2.75) is 64.1 Å². The average Bonchev–Trinajstić information content (AvgIpc) is 3.54. The van der Waals surface area contributed by atoms with E-state index in [4.69, 9.17) is 9.47 Å². The van der Waals surface area contributed by atoms with Gasteiger partial charge in [-0.15, -0.1) is 5.10 Å². The molecule has 0 bridgehead atoms. The van der Waals surface area contributed by atoms with Crippen molar-refractivity contribution in [2.24, 2.45) is 0 Å². The summed E-state index contributed by atoms with van der Waals surface area (Å²) in [5.41, 5.74) is 1.24. The number of aliphatic hydroxyl groups is 1. The summed E-state index contributed by atoms with van der Waals surface area (Å²) in [6, 6.07) is 5.93. The van der Waals surface area contributed by atoms with E-state index < -0.39 is 0 Å². The highest BCUT2D eigenvalue weighted by molar-refractivity contribution is 5.83. The molecule has 1 fully saturated rings. The van der Waals surface area contributed by atoms with Crippen molar-refractivity contribution >= 4 is 10.9 Å². The Hall–Kier alpha value is -2.98. The van der Waals surface area contributed by atoms with Gasteiger partial charge in [0, 0.05) is 36.7 Å². The zero-order valence-corrected chi connectivity index (χ0v) is 19.6. The molecular formula is C24H32N6O4. The van der Waals surface area contributed by atoms with Crippen LogP contribution >= 0.6 is 0 Å². The van der Waals surface area contributed by atoms with Crippen LogP contribution in [0, 0.1) is 0 Å². The maximum absolute atomic E-state index is 13.0. The van der Waals surface area contributed by atoms with Crippen LogP contribution in [0.3, 0.4) is 0 Å². The maximum Gasteiger partial charge on any atom is 0.252 e. The number of H-pyrrole nitrogens is 1. The van der Waals surface area contributed by atoms with Crippen LogP contribution in [0.2, 0.25) is 0 Å². The minimum Gasteiger partial charge on any atom is -0.486 e. The maximum atomic E-state index is 13.0. The third-order valence-corrected chi connectivity index (χ3v) is 6.88. The molecule has 1 aliphatic heterocycles. The first-order chi connectivity index (χ1) is 16.7. The molecule has 10 heteroatoms. The van der Waals surface area contributed by atoms with Crippen LogP contribution in [0.15, 0.2) is 23.0 Å². The molecule has 0 spiro atoms. The Labute approximate surface area is 197 Å². The normalized spacial score (nSPS) is 17.0. The lowest BCUT2D eigenvalue weighted by atomic mass is 10.1. The average molecular weight is 469 g/mol. The summed E-state index contributed by atoms with van der Waals surface area (Å²) >= 11 is 0. The Kier molecular flexibility index (Phi) is 6.77. The van der Waals surface area contributed by atoms with Gasteiger partial charge in [-0.25, -0.2) is 4.68 Å². The zero-order valence-electron chi connectivity index (χ0n) is 19.6. The van der Waals surface area contributed by atoms with E-state index >= 15 is 0 Å². The summed E-state index contributed by atoms with van der Waals surface area (Å²) in [5, 5.41) is 23.2. The summed E-state index contributed by atoms with van der Waals surface area (Å²) < 4.78 is 13.4. The summed E-state index contributed by atoms with van der Waals surface area (Å²) in [4.78, 5) is 18.3. The number of fused-ring (bicyclic) bond motifs is 2. The van der Waals surface area contributed by atoms with Crippen molar-refractivity contribution in [1.29, 1.82) is 0 Å². The van der Waals surface area contributed by atoms with Gasteiger partial charge in [0.05, 0.1) is 17.6 Å². The van der Waals surface area contributed by atoms with E-state index in [9.17, 15) is 9.90 Å². The Morgan fingerprint density at radius 1 is 1.21 bits per heavy atom. The first kappa shape index (κ1) is 22.8. The van der Waals surface area contributed by atoms with Gasteiger partial charge in [-0.05, 0) is 48.2 Å². The molecule has 34 heavy (non-hydrogen) atoms. The number of hydrogen-bond donors (Lipinski definition) is 2. The van der Waals surface area contributed by atoms with Crippen LogP contribution in [0.4, 0.5) is 0 Å². The van der Waals surface area contributed by atoms with Gasteiger partial charge in [-0.3, -0.25) is 9.69 Å². The number of benzene rings is 1. The molecule has 1 aromatic carbocycles. The van der Waals surface area contributed by atoms with E-state index in [2.05, 4.69) is 32.3 Å². The van der Waals surface area contributed by atoms with Crippen LogP contribution < -0.4 is 15.0 Å². The van der Waals surface area contributed by atoms with E-state index in [0.29, 0.717) is 55.8 Å². The molecule has 0 unspecified atom stereocenters. The van der Waals surface area contributed by atoms with Crippen molar-refractivity contribution in [3.05, 3.63) is 39.9 Å². The van der Waals surface area contributed by atoms with Gasteiger partial charge >= 0.3 is 0 Å². The minimum atomic E-state index is -0.136. The molecule has 2 N–H and O–H groups in total. The molecule has 10 nitrogen and oxygen atoms in total. The first-order valence-electron chi connectivity index (χ1n) is 12.3. The van der Waals surface area contributed by atoms with Gasteiger partial charge in [-0.2, -0.15) is 0 Å². The molecule has 1 saturated carbocycles. The number of rotatable bonds is 9. The van der Waals surface area contributed by atoms with Gasteiger partial charge in [0.1, 0.15) is 13.2 Å². The molecule has 0 radical (unpaired) electrons. The molecular weight excluding hydrogens is 436 g/mol. The van der Waals surface area contributed by atoms with E-state index in [1.54, 1.807) is 0 Å². The number of hydrogen-bond acceptors (Lipinski definition) is 8. The van der Waals surface area contributed by atoms with Gasteiger partial charge in [0.2, 0.25) is 0 Å². The second-order valence-electron chi connectivity index (χ2n) is 9.10. The molecule has 182 valence electrons. The summed E-state index contributed by atoms with van der Waals surface area (Å²) in [6.07, 6.45) is 5.96. The van der Waals surface area contributed by atoms with Crippen molar-refractivity contribution < 1.29 is 14.6 Å². The lowest BCUT2D eigenvalue weighted by Crippen LogP contribution is -2.34. The number of aliphatic hydroxyl groups excluding tert-OH is 1. The van der Waals surface area contributed by atoms with Gasteiger partial charge < -0.3 is 19.6 Å². The Morgan fingerprint density at radius 3 is 2.71 bits per heavy atom. The van der Waals surface area contributed by atoms with E-state index in [1.165, 1.54) is 12.8 Å². The number of pyridine rings is 1. The first-order valence-corrected chi connectivity index (χ1v) is 12.3. The predicted octanol–water partition coefficient (Wildman–Crippen LogP) is 2.74. The van der Waals surface area contributed by atoms with E-state index in [1.807, 2.05) is 22.9 Å². The van der Waals surface area contributed by atoms with Crippen molar-refractivity contribution in [3.8, 4) is 11.5 Å². The van der Waals surface area contributed by atoms with Crippen LogP contribution in [-0.2, 0) is 6.54 Å². The van der Waals surface area contributed by atoms with Crippen molar-refractivity contribution in [3.63, 3.8) is 0 Å². The number of aromatic amines is 1. The number of tetrazole rings is 1. The van der Waals surface area contributed by atoms with Crippen molar-refractivity contribution in [2.75, 3.05) is 26.4 Å². The van der Waals surface area contributed by atoms with Gasteiger partial charge in [0.15, 0.2) is 17.3 Å². The van der Waals surface area contributed by atoms with Crippen LogP contribution in [0.5, 0.6) is 11.5 Å². The fourth-order valence-electron chi connectivity index (χ4n) is 5.18. The third kappa shape index (κ3) is 4.52. The quantitative estimate of drug-likeness (QED) is 0.492. The summed E-state index contributed by atoms with van der Waals surface area (Å²) in [5.74, 6) is 2.18. The highest BCUT2D eigenvalue weighted by atomic mass is 16.6. The number of aromatic nitrogens is 5. The fraction of sp³-hybridized carbons (Fsp3) is 0.583. The summed E-state index contributed by atoms with van der Waals surface area (Å²) in [6.45, 7) is 4.26. The Morgan fingerprint density at radius 2 is 1.97 bits per heavy atom. The topological polar surface area (TPSA) is 118 Å². The molecule has 3 heterocycles. The van der Waals surface area contributed by atoms with E-state index in [-0.39, 0.29) is 18.2 Å². The number of ether oxygens (including phenoxy) is 2. The third-order valence-electron chi connectivity index (χ3n) is 6.88. The molecule has 2 aliphatic rings. The van der Waals surface area contributed by atoms with Crippen LogP contribution in [-0.4, -0.2) is 61.6 Å². The van der Waals surface area contributed by atoms with Crippen molar-refractivity contribution in [1.82, 2.24) is 30.1 Å². The second kappa shape index (κ2) is 10.1. The van der Waals surface area contributed by atoms with Crippen LogP contribution in [0.25, 0.3) is 10.9 Å². The Balaban J connectivity index is 1.47. The molecule has 1 atom stereocenters. The SMILES string of the molecule is CC[C@@H](c1nnnn1C1CCCC1)N(CCCO)Cc1cc2cc3c(cc2[nH]c1=O)OCCO3. The lowest BCUT2D eigenvalue weighted by Gasteiger charge is -2.30. The highest BCUT2D eigenvalue weighted by Gasteiger charge is 2.29. The minimum absolute atomic E-state index is 0.0579. The van der Waals surface area contributed by atoms with E-state index in [0.717, 1.165) is 36.0 Å². The smallest absolute Gasteiger partial charge is 0.252 e. The second-order valence-corrected chi connectivity index (χ2v) is 9.10. The molecule has 1 aliphatic carbocycles. The largest absolute Gasteiger partial charge is 0.486 e. The van der Waals surface area contributed by atoms with Gasteiger partial charge in [-0.1, -0.05) is 19.8 Å². The standard InChI is InChI=1S/C24H32N6O4/c1-2-20(23-26-27-28-30(23)18-6-3-4-7-18)29(8-5-9-31)15-17-12-16-13-21-22(34-11-10-33-21)14-19(16)25-24(17)32/h12-14,18,20,31H,2-11,15H2,1H3,(H,25,32)/t20-/m0/s1. The molecule has 3 aromatic rings. The predicted molar refractivity (Wildman–Crippen MR) is 126 cm³/mol. The molecule has 5 rings (SSSR count). The lowest BCUT2D eigenvalue weighted by molar-refractivity contribution is 0.150. The molecule has 0 amide bonds.